The van der Waals surface area contributed by atoms with Gasteiger partial charge in [-0.2, -0.15) is 5.10 Å². The van der Waals surface area contributed by atoms with Crippen LogP contribution in [0, 0.1) is 10.5 Å². The molecule has 1 saturated carbocycles. The largest absolute Gasteiger partial charge is 0.481 e. The summed E-state index contributed by atoms with van der Waals surface area (Å²) < 4.78 is 8.06. The monoisotopic (exact) mass is 404 g/mol. The fourth-order valence-electron chi connectivity index (χ4n) is 2.30. The third-order valence-electron chi connectivity index (χ3n) is 3.39. The third kappa shape index (κ3) is 2.28. The van der Waals surface area contributed by atoms with Crippen LogP contribution >= 0.6 is 34.2 Å². The van der Waals surface area contributed by atoms with Crippen molar-refractivity contribution in [3.05, 3.63) is 20.1 Å². The van der Waals surface area contributed by atoms with Gasteiger partial charge in [0.05, 0.1) is 22.1 Å². The van der Waals surface area contributed by atoms with Crippen molar-refractivity contribution in [3.8, 4) is 17.3 Å². The number of aryl methyl sites for hydroxylation is 2. The minimum Gasteiger partial charge on any atom is -0.481 e. The summed E-state index contributed by atoms with van der Waals surface area (Å²) in [6.07, 6.45) is 2.35. The Morgan fingerprint density at radius 2 is 2.05 bits per heavy atom. The molecule has 20 heavy (non-hydrogen) atoms. The van der Waals surface area contributed by atoms with E-state index in [9.17, 15) is 0 Å². The van der Waals surface area contributed by atoms with E-state index in [1.54, 1.807) is 11.8 Å². The maximum atomic E-state index is 6.27. The molecule has 0 atom stereocenters. The highest BCUT2D eigenvalue weighted by atomic mass is 127. The van der Waals surface area contributed by atoms with Crippen molar-refractivity contribution in [1.29, 1.82) is 0 Å². The number of halogens is 2. The molecule has 0 aliphatic heterocycles. The minimum atomic E-state index is 0.503. The van der Waals surface area contributed by atoms with E-state index >= 15 is 0 Å². The van der Waals surface area contributed by atoms with Crippen molar-refractivity contribution in [2.45, 2.75) is 25.7 Å². The zero-order valence-electron chi connectivity index (χ0n) is 11.4. The Bertz CT molecular complexity index is 681. The second-order valence-corrected chi connectivity index (χ2v) is 6.34. The first kappa shape index (κ1) is 14.1. The zero-order chi connectivity index (χ0) is 14.4. The Hall–Kier alpha value is -0.890. The summed E-state index contributed by atoms with van der Waals surface area (Å²) in [7, 11) is 3.46. The highest BCUT2D eigenvalue weighted by Crippen LogP contribution is 2.43. The van der Waals surface area contributed by atoms with Gasteiger partial charge in [-0.05, 0) is 42.4 Å². The van der Waals surface area contributed by atoms with Crippen LogP contribution in [-0.2, 0) is 7.05 Å². The van der Waals surface area contributed by atoms with Gasteiger partial charge in [0.25, 0.3) is 0 Å². The van der Waals surface area contributed by atoms with E-state index < -0.39 is 0 Å². The quantitative estimate of drug-likeness (QED) is 0.582. The number of ether oxygens (including phenoxy) is 1. The Morgan fingerprint density at radius 1 is 1.35 bits per heavy atom. The standard InChI is InChI=1S/C13H14ClIN4O/c1-6-8(13(20-3)19(2)18-6)12-16-10(7-4-5-7)9(15)11(14)17-12/h7H,4-5H2,1-3H3. The molecule has 1 aliphatic carbocycles. The minimum absolute atomic E-state index is 0.503. The van der Waals surface area contributed by atoms with Crippen molar-refractivity contribution in [1.82, 2.24) is 19.7 Å². The van der Waals surface area contributed by atoms with Gasteiger partial charge >= 0.3 is 0 Å². The highest BCUT2D eigenvalue weighted by Gasteiger charge is 2.30. The van der Waals surface area contributed by atoms with Crippen LogP contribution in [0.4, 0.5) is 0 Å². The lowest BCUT2D eigenvalue weighted by molar-refractivity contribution is 0.374. The summed E-state index contributed by atoms with van der Waals surface area (Å²) in [5.74, 6) is 1.77. The van der Waals surface area contributed by atoms with E-state index in [1.807, 2.05) is 14.0 Å². The molecular formula is C13H14ClIN4O. The van der Waals surface area contributed by atoms with Crippen LogP contribution in [0.3, 0.4) is 0 Å². The zero-order valence-corrected chi connectivity index (χ0v) is 14.4. The van der Waals surface area contributed by atoms with Crippen LogP contribution in [0.5, 0.6) is 5.88 Å². The summed E-state index contributed by atoms with van der Waals surface area (Å²) in [6, 6.07) is 0. The predicted molar refractivity (Wildman–Crippen MR) is 85.2 cm³/mol. The smallest absolute Gasteiger partial charge is 0.222 e. The number of nitrogens with zero attached hydrogens (tertiary/aromatic N) is 4. The summed E-state index contributed by atoms with van der Waals surface area (Å²) >= 11 is 8.49. The molecule has 1 aliphatic rings. The predicted octanol–water partition coefficient (Wildman–Crippen LogP) is 3.33. The van der Waals surface area contributed by atoms with Gasteiger partial charge in [0.15, 0.2) is 5.82 Å². The fraction of sp³-hybridized carbons (Fsp3) is 0.462. The van der Waals surface area contributed by atoms with Crippen molar-refractivity contribution in [2.24, 2.45) is 7.05 Å². The second-order valence-electron chi connectivity index (χ2n) is 4.90. The molecule has 2 aromatic rings. The second kappa shape index (κ2) is 5.14. The van der Waals surface area contributed by atoms with Crippen molar-refractivity contribution >= 4 is 34.2 Å². The highest BCUT2D eigenvalue weighted by molar-refractivity contribution is 14.1. The summed E-state index contributed by atoms with van der Waals surface area (Å²) in [4.78, 5) is 9.12. The van der Waals surface area contributed by atoms with Crippen LogP contribution in [0.2, 0.25) is 5.15 Å². The van der Waals surface area contributed by atoms with Crippen molar-refractivity contribution in [2.75, 3.05) is 7.11 Å². The van der Waals surface area contributed by atoms with Gasteiger partial charge in [-0.1, -0.05) is 11.6 Å². The van der Waals surface area contributed by atoms with Gasteiger partial charge in [-0.3, -0.25) is 0 Å². The van der Waals surface area contributed by atoms with Gasteiger partial charge < -0.3 is 4.74 Å². The van der Waals surface area contributed by atoms with Gasteiger partial charge in [-0.25, -0.2) is 14.6 Å². The average molecular weight is 405 g/mol. The molecule has 0 radical (unpaired) electrons. The molecule has 0 saturated heterocycles. The normalized spacial score (nSPS) is 14.7. The summed E-state index contributed by atoms with van der Waals surface area (Å²) in [5.41, 5.74) is 2.70. The van der Waals surface area contributed by atoms with Crippen LogP contribution in [0.1, 0.15) is 30.1 Å². The van der Waals surface area contributed by atoms with Gasteiger partial charge in [0, 0.05) is 13.0 Å². The third-order valence-corrected chi connectivity index (χ3v) is 5.04. The first-order valence-electron chi connectivity index (χ1n) is 6.33. The SMILES string of the molecule is COc1c(-c2nc(Cl)c(I)c(C3CC3)n2)c(C)nn1C. The Morgan fingerprint density at radius 3 is 2.65 bits per heavy atom. The van der Waals surface area contributed by atoms with Crippen molar-refractivity contribution < 1.29 is 4.74 Å². The van der Waals surface area contributed by atoms with Gasteiger partial charge in [-0.15, -0.1) is 0 Å². The molecule has 0 spiro atoms. The first-order chi connectivity index (χ1) is 9.52. The number of rotatable bonds is 3. The van der Waals surface area contributed by atoms with E-state index in [1.165, 1.54) is 12.8 Å². The lowest BCUT2D eigenvalue weighted by Gasteiger charge is -2.08. The lowest BCUT2D eigenvalue weighted by atomic mass is 10.2. The Balaban J connectivity index is 2.20. The first-order valence-corrected chi connectivity index (χ1v) is 7.79. The topological polar surface area (TPSA) is 52.8 Å². The summed E-state index contributed by atoms with van der Waals surface area (Å²) in [6.45, 7) is 1.92. The number of methoxy groups -OCH3 is 1. The Kier molecular flexibility index (Phi) is 3.62. The van der Waals surface area contributed by atoms with Crippen molar-refractivity contribution in [3.63, 3.8) is 0 Å². The van der Waals surface area contributed by atoms with Crippen LogP contribution in [0.25, 0.3) is 11.4 Å². The van der Waals surface area contributed by atoms with E-state index in [0.717, 1.165) is 20.5 Å². The fourth-order valence-corrected chi connectivity index (χ4v) is 3.16. The average Bonchev–Trinajstić information content (AvgIpc) is 3.18. The molecule has 7 heteroatoms. The van der Waals surface area contributed by atoms with Crippen LogP contribution in [0.15, 0.2) is 0 Å². The maximum absolute atomic E-state index is 6.27. The maximum Gasteiger partial charge on any atom is 0.222 e. The Labute approximate surface area is 135 Å². The van der Waals surface area contributed by atoms with E-state index in [-0.39, 0.29) is 0 Å². The van der Waals surface area contributed by atoms with Crippen LogP contribution in [-0.4, -0.2) is 26.9 Å². The molecule has 5 nitrogen and oxygen atoms in total. The van der Waals surface area contributed by atoms with E-state index in [4.69, 9.17) is 21.3 Å². The molecule has 0 amide bonds. The van der Waals surface area contributed by atoms with Gasteiger partial charge in [0.2, 0.25) is 5.88 Å². The molecule has 0 N–H and O–H groups in total. The molecule has 0 aromatic carbocycles. The molecule has 0 unspecified atom stereocenters. The number of hydrogen-bond donors (Lipinski definition) is 0. The molecular weight excluding hydrogens is 391 g/mol. The molecule has 2 aromatic heterocycles. The molecule has 1 fully saturated rings. The lowest BCUT2D eigenvalue weighted by Crippen LogP contribution is -2.01. The van der Waals surface area contributed by atoms with E-state index in [2.05, 4.69) is 32.7 Å². The molecule has 0 bridgehead atoms. The van der Waals surface area contributed by atoms with Crippen LogP contribution < -0.4 is 4.74 Å². The molecule has 106 valence electrons. The number of aromatic nitrogens is 4. The molecule has 3 rings (SSSR count). The van der Waals surface area contributed by atoms with Gasteiger partial charge in [0.1, 0.15) is 10.7 Å². The molecule has 2 heterocycles. The number of hydrogen-bond acceptors (Lipinski definition) is 4. The summed E-state index contributed by atoms with van der Waals surface area (Å²) in [5, 5.41) is 4.87. The van der Waals surface area contributed by atoms with E-state index in [0.29, 0.717) is 22.8 Å².